The highest BCUT2D eigenvalue weighted by molar-refractivity contribution is 6.31. The largest absolute Gasteiger partial charge is 0.378 e. The number of likely N-dealkylation sites (N-methyl/N-ethyl adjacent to an activating group) is 1. The van der Waals surface area contributed by atoms with E-state index in [2.05, 4.69) is 5.32 Å². The Labute approximate surface area is 112 Å². The Bertz CT molecular complexity index is 419. The summed E-state index contributed by atoms with van der Waals surface area (Å²) in [6, 6.07) is 7.31. The van der Waals surface area contributed by atoms with Crippen molar-refractivity contribution in [3.05, 3.63) is 34.9 Å². The standard InChI is InChI=1S/C13H17ClN2O2/c1-16(8-10-4-2-3-5-11(10)14)13(17)12-9-18-7-6-15-12/h2-5,12,15H,6-9H2,1H3. The summed E-state index contributed by atoms with van der Waals surface area (Å²) in [4.78, 5) is 13.8. The Morgan fingerprint density at radius 3 is 3.00 bits per heavy atom. The van der Waals surface area contributed by atoms with Gasteiger partial charge in [-0.3, -0.25) is 4.79 Å². The highest BCUT2D eigenvalue weighted by Crippen LogP contribution is 2.16. The third kappa shape index (κ3) is 3.22. The van der Waals surface area contributed by atoms with Crippen molar-refractivity contribution < 1.29 is 9.53 Å². The van der Waals surface area contributed by atoms with Gasteiger partial charge in [-0.05, 0) is 11.6 Å². The van der Waals surface area contributed by atoms with Crippen LogP contribution in [0.4, 0.5) is 0 Å². The fraction of sp³-hybridized carbons (Fsp3) is 0.462. The second-order valence-electron chi connectivity index (χ2n) is 4.37. The van der Waals surface area contributed by atoms with Gasteiger partial charge >= 0.3 is 0 Å². The molecule has 1 heterocycles. The van der Waals surface area contributed by atoms with E-state index >= 15 is 0 Å². The second kappa shape index (κ2) is 6.18. The highest BCUT2D eigenvalue weighted by atomic mass is 35.5. The van der Waals surface area contributed by atoms with Gasteiger partial charge in [0.25, 0.3) is 0 Å². The Morgan fingerprint density at radius 2 is 2.33 bits per heavy atom. The molecule has 1 atom stereocenters. The van der Waals surface area contributed by atoms with Crippen LogP contribution in [0.5, 0.6) is 0 Å². The summed E-state index contributed by atoms with van der Waals surface area (Å²) in [5, 5.41) is 3.84. The van der Waals surface area contributed by atoms with Gasteiger partial charge in [0.2, 0.25) is 5.91 Å². The molecule has 1 aliphatic rings. The quantitative estimate of drug-likeness (QED) is 0.898. The van der Waals surface area contributed by atoms with E-state index in [1.54, 1.807) is 11.9 Å². The van der Waals surface area contributed by atoms with E-state index in [0.717, 1.165) is 12.1 Å². The van der Waals surface area contributed by atoms with Crippen molar-refractivity contribution in [2.45, 2.75) is 12.6 Å². The van der Waals surface area contributed by atoms with Gasteiger partial charge in [0.1, 0.15) is 6.04 Å². The molecule has 1 unspecified atom stereocenters. The van der Waals surface area contributed by atoms with Crippen LogP contribution in [-0.2, 0) is 16.1 Å². The van der Waals surface area contributed by atoms with E-state index in [-0.39, 0.29) is 11.9 Å². The van der Waals surface area contributed by atoms with Crippen molar-refractivity contribution in [3.8, 4) is 0 Å². The lowest BCUT2D eigenvalue weighted by molar-refractivity contribution is -0.135. The Balaban J connectivity index is 1.96. The first-order chi connectivity index (χ1) is 8.68. The van der Waals surface area contributed by atoms with E-state index in [1.807, 2.05) is 24.3 Å². The molecule has 0 bridgehead atoms. The molecule has 4 nitrogen and oxygen atoms in total. The SMILES string of the molecule is CN(Cc1ccccc1Cl)C(=O)C1COCCN1. The van der Waals surface area contributed by atoms with E-state index in [0.29, 0.717) is 24.8 Å². The zero-order chi connectivity index (χ0) is 13.0. The predicted octanol–water partition coefficient (Wildman–Crippen LogP) is 1.29. The van der Waals surface area contributed by atoms with Crippen LogP contribution >= 0.6 is 11.6 Å². The van der Waals surface area contributed by atoms with E-state index in [9.17, 15) is 4.79 Å². The number of ether oxygens (including phenoxy) is 1. The summed E-state index contributed by atoms with van der Waals surface area (Å²) in [6.45, 7) is 2.33. The zero-order valence-electron chi connectivity index (χ0n) is 10.4. The van der Waals surface area contributed by atoms with E-state index < -0.39 is 0 Å². The molecular formula is C13H17ClN2O2. The maximum absolute atomic E-state index is 12.2. The number of nitrogens with zero attached hydrogens (tertiary/aromatic N) is 1. The maximum atomic E-state index is 12.2. The predicted molar refractivity (Wildman–Crippen MR) is 70.5 cm³/mol. The number of hydrogen-bond donors (Lipinski definition) is 1. The average molecular weight is 269 g/mol. The molecule has 1 aromatic carbocycles. The molecule has 0 spiro atoms. The van der Waals surface area contributed by atoms with Gasteiger partial charge in [-0.1, -0.05) is 29.8 Å². The first kappa shape index (κ1) is 13.3. The Kier molecular flexibility index (Phi) is 4.58. The molecule has 1 N–H and O–H groups in total. The summed E-state index contributed by atoms with van der Waals surface area (Å²) in [6.07, 6.45) is 0. The van der Waals surface area contributed by atoms with Gasteiger partial charge in [-0.25, -0.2) is 0 Å². The lowest BCUT2D eigenvalue weighted by atomic mass is 10.2. The Morgan fingerprint density at radius 1 is 1.56 bits per heavy atom. The van der Waals surface area contributed by atoms with Crippen molar-refractivity contribution in [1.29, 1.82) is 0 Å². The average Bonchev–Trinajstić information content (AvgIpc) is 2.41. The number of hydrogen-bond acceptors (Lipinski definition) is 3. The fourth-order valence-corrected chi connectivity index (χ4v) is 2.15. The number of carbonyl (C=O) groups excluding carboxylic acids is 1. The highest BCUT2D eigenvalue weighted by Gasteiger charge is 2.24. The lowest BCUT2D eigenvalue weighted by Gasteiger charge is -2.27. The van der Waals surface area contributed by atoms with Crippen LogP contribution in [0.3, 0.4) is 0 Å². The molecule has 18 heavy (non-hydrogen) atoms. The second-order valence-corrected chi connectivity index (χ2v) is 4.77. The maximum Gasteiger partial charge on any atom is 0.242 e. The molecule has 5 heteroatoms. The molecule has 1 aromatic rings. The molecule has 0 saturated carbocycles. The van der Waals surface area contributed by atoms with Crippen LogP contribution in [0.15, 0.2) is 24.3 Å². The van der Waals surface area contributed by atoms with Gasteiger partial charge < -0.3 is 15.0 Å². The van der Waals surface area contributed by atoms with Gasteiger partial charge in [0, 0.05) is 25.2 Å². The third-order valence-electron chi connectivity index (χ3n) is 2.96. The van der Waals surface area contributed by atoms with Gasteiger partial charge in [-0.2, -0.15) is 0 Å². The summed E-state index contributed by atoms with van der Waals surface area (Å²) in [5.41, 5.74) is 0.951. The topological polar surface area (TPSA) is 41.6 Å². The first-order valence-corrected chi connectivity index (χ1v) is 6.36. The van der Waals surface area contributed by atoms with Crippen LogP contribution < -0.4 is 5.32 Å². The van der Waals surface area contributed by atoms with Crippen molar-refractivity contribution in [2.75, 3.05) is 26.8 Å². The van der Waals surface area contributed by atoms with Gasteiger partial charge in [0.15, 0.2) is 0 Å². The van der Waals surface area contributed by atoms with Crippen molar-refractivity contribution in [2.24, 2.45) is 0 Å². The lowest BCUT2D eigenvalue weighted by Crippen LogP contribution is -2.51. The van der Waals surface area contributed by atoms with Crippen LogP contribution in [0.25, 0.3) is 0 Å². The summed E-state index contributed by atoms with van der Waals surface area (Å²) in [7, 11) is 1.78. The van der Waals surface area contributed by atoms with Crippen molar-refractivity contribution in [1.82, 2.24) is 10.2 Å². The van der Waals surface area contributed by atoms with Gasteiger partial charge in [-0.15, -0.1) is 0 Å². The van der Waals surface area contributed by atoms with Crippen LogP contribution in [0, 0.1) is 0 Å². The van der Waals surface area contributed by atoms with E-state index in [1.165, 1.54) is 0 Å². The van der Waals surface area contributed by atoms with Crippen molar-refractivity contribution in [3.63, 3.8) is 0 Å². The molecule has 98 valence electrons. The zero-order valence-corrected chi connectivity index (χ0v) is 11.1. The third-order valence-corrected chi connectivity index (χ3v) is 3.33. The van der Waals surface area contributed by atoms with Gasteiger partial charge in [0.05, 0.1) is 13.2 Å². The number of rotatable bonds is 3. The minimum absolute atomic E-state index is 0.0367. The summed E-state index contributed by atoms with van der Waals surface area (Å²) >= 11 is 6.08. The molecule has 0 radical (unpaired) electrons. The molecule has 1 fully saturated rings. The molecule has 2 rings (SSSR count). The number of benzene rings is 1. The molecule has 0 aromatic heterocycles. The monoisotopic (exact) mass is 268 g/mol. The number of nitrogens with one attached hydrogen (secondary N) is 1. The number of morpholine rings is 1. The fourth-order valence-electron chi connectivity index (χ4n) is 1.95. The molecule has 1 aliphatic heterocycles. The number of halogens is 1. The molecule has 1 saturated heterocycles. The smallest absolute Gasteiger partial charge is 0.242 e. The van der Waals surface area contributed by atoms with Crippen LogP contribution in [-0.4, -0.2) is 43.7 Å². The van der Waals surface area contributed by atoms with Crippen LogP contribution in [0.2, 0.25) is 5.02 Å². The van der Waals surface area contributed by atoms with Crippen molar-refractivity contribution >= 4 is 17.5 Å². The number of amides is 1. The number of carbonyl (C=O) groups is 1. The Hall–Kier alpha value is -1.10. The van der Waals surface area contributed by atoms with Crippen LogP contribution in [0.1, 0.15) is 5.56 Å². The molecular weight excluding hydrogens is 252 g/mol. The normalized spacial score (nSPS) is 19.6. The molecule has 0 aliphatic carbocycles. The minimum atomic E-state index is -0.244. The van der Waals surface area contributed by atoms with E-state index in [4.69, 9.17) is 16.3 Å². The minimum Gasteiger partial charge on any atom is -0.378 e. The summed E-state index contributed by atoms with van der Waals surface area (Å²) in [5.74, 6) is 0.0367. The summed E-state index contributed by atoms with van der Waals surface area (Å²) < 4.78 is 5.29. The molecule has 1 amide bonds. The first-order valence-electron chi connectivity index (χ1n) is 5.98.